The van der Waals surface area contributed by atoms with Gasteiger partial charge in [-0.05, 0) is 12.3 Å². The van der Waals surface area contributed by atoms with Crippen molar-refractivity contribution < 1.29 is 0 Å². The molecule has 8 heavy (non-hydrogen) atoms. The standard InChI is InChI=1S/C6H9NS/c1-3-4-5-8-6(2)7/h3-5,7H,1H2,2H3/b5-4+,7-6?. The Morgan fingerprint density at radius 2 is 2.38 bits per heavy atom. The Hall–Kier alpha value is -0.500. The van der Waals surface area contributed by atoms with Crippen molar-refractivity contribution in [1.82, 2.24) is 0 Å². The minimum Gasteiger partial charge on any atom is -0.298 e. The molecule has 0 aromatic carbocycles. The molecule has 1 N–H and O–H groups in total. The molecule has 0 spiro atoms. The van der Waals surface area contributed by atoms with Crippen LogP contribution < -0.4 is 0 Å². The average Bonchev–Trinajstić information content (AvgIpc) is 1.66. The lowest BCUT2D eigenvalue weighted by molar-refractivity contribution is 1.54. The van der Waals surface area contributed by atoms with E-state index in [0.717, 1.165) is 0 Å². The van der Waals surface area contributed by atoms with Crippen molar-refractivity contribution in [2.45, 2.75) is 6.92 Å². The highest BCUT2D eigenvalue weighted by Gasteiger charge is 1.77. The molecule has 0 aromatic rings. The molecule has 0 radical (unpaired) electrons. The average molecular weight is 127 g/mol. The molecule has 0 rings (SSSR count). The van der Waals surface area contributed by atoms with Crippen LogP contribution in [0.25, 0.3) is 0 Å². The molecule has 0 amide bonds. The summed E-state index contributed by atoms with van der Waals surface area (Å²) in [4.78, 5) is 0. The molecule has 0 saturated heterocycles. The molecule has 0 fully saturated rings. The number of thioether (sulfide) groups is 1. The van der Waals surface area contributed by atoms with Crippen LogP contribution in [0, 0.1) is 5.41 Å². The number of allylic oxidation sites excluding steroid dienone is 2. The van der Waals surface area contributed by atoms with Crippen LogP contribution in [0.1, 0.15) is 6.92 Å². The third-order valence-corrected chi connectivity index (χ3v) is 1.11. The van der Waals surface area contributed by atoms with Crippen molar-refractivity contribution >= 4 is 16.8 Å². The van der Waals surface area contributed by atoms with E-state index in [-0.39, 0.29) is 0 Å². The van der Waals surface area contributed by atoms with Crippen molar-refractivity contribution in [2.24, 2.45) is 0 Å². The summed E-state index contributed by atoms with van der Waals surface area (Å²) in [6, 6.07) is 0. The molecule has 44 valence electrons. The molecule has 0 heterocycles. The van der Waals surface area contributed by atoms with Crippen LogP contribution in [0.4, 0.5) is 0 Å². The highest BCUT2D eigenvalue weighted by molar-refractivity contribution is 8.16. The number of hydrogen-bond acceptors (Lipinski definition) is 2. The van der Waals surface area contributed by atoms with Gasteiger partial charge in [0.25, 0.3) is 0 Å². The van der Waals surface area contributed by atoms with E-state index in [9.17, 15) is 0 Å². The summed E-state index contributed by atoms with van der Waals surface area (Å²) in [6.45, 7) is 5.24. The number of nitrogens with one attached hydrogen (secondary N) is 1. The third kappa shape index (κ3) is 5.50. The Morgan fingerprint density at radius 3 is 2.75 bits per heavy atom. The lowest BCUT2D eigenvalue weighted by Crippen LogP contribution is -1.70. The SMILES string of the molecule is C=C/C=C/SC(C)=N. The van der Waals surface area contributed by atoms with Crippen molar-refractivity contribution in [3.05, 3.63) is 24.1 Å². The van der Waals surface area contributed by atoms with E-state index in [1.165, 1.54) is 11.8 Å². The van der Waals surface area contributed by atoms with Gasteiger partial charge in [-0.25, -0.2) is 0 Å². The fourth-order valence-corrected chi connectivity index (χ4v) is 0.591. The van der Waals surface area contributed by atoms with Crippen LogP contribution in [0.5, 0.6) is 0 Å². The largest absolute Gasteiger partial charge is 0.298 e. The van der Waals surface area contributed by atoms with Gasteiger partial charge in [0.1, 0.15) is 0 Å². The Bertz CT molecular complexity index is 116. The van der Waals surface area contributed by atoms with Crippen LogP contribution in [-0.2, 0) is 0 Å². The number of rotatable bonds is 2. The maximum Gasteiger partial charge on any atom is 0.0652 e. The van der Waals surface area contributed by atoms with Gasteiger partial charge in [0, 0.05) is 0 Å². The predicted molar refractivity (Wildman–Crippen MR) is 40.3 cm³/mol. The molecule has 0 unspecified atom stereocenters. The summed E-state index contributed by atoms with van der Waals surface area (Å²) in [5.41, 5.74) is 0. The molecule has 0 saturated carbocycles. The topological polar surface area (TPSA) is 23.9 Å². The second kappa shape index (κ2) is 4.65. The summed E-state index contributed by atoms with van der Waals surface area (Å²) in [5, 5.41) is 9.38. The van der Waals surface area contributed by atoms with Gasteiger partial charge in [-0.3, -0.25) is 5.41 Å². The predicted octanol–water partition coefficient (Wildman–Crippen LogP) is 2.42. The molecule has 0 aromatic heterocycles. The third-order valence-electron chi connectivity index (χ3n) is 0.459. The molecular weight excluding hydrogens is 118 g/mol. The molecule has 0 bridgehead atoms. The highest BCUT2D eigenvalue weighted by atomic mass is 32.2. The lowest BCUT2D eigenvalue weighted by atomic mass is 10.6. The Morgan fingerprint density at radius 1 is 1.75 bits per heavy atom. The van der Waals surface area contributed by atoms with E-state index in [2.05, 4.69) is 6.58 Å². The summed E-state index contributed by atoms with van der Waals surface area (Å²) in [5.74, 6) is 0. The van der Waals surface area contributed by atoms with Gasteiger partial charge in [0.2, 0.25) is 0 Å². The second-order valence-corrected chi connectivity index (χ2v) is 2.36. The van der Waals surface area contributed by atoms with Crippen LogP contribution in [0.15, 0.2) is 24.1 Å². The van der Waals surface area contributed by atoms with E-state index in [1.54, 1.807) is 13.0 Å². The fraction of sp³-hybridized carbons (Fsp3) is 0.167. The highest BCUT2D eigenvalue weighted by Crippen LogP contribution is 2.01. The van der Waals surface area contributed by atoms with E-state index in [4.69, 9.17) is 5.41 Å². The van der Waals surface area contributed by atoms with Gasteiger partial charge in [-0.1, -0.05) is 30.5 Å². The first-order valence-corrected chi connectivity index (χ1v) is 3.14. The van der Waals surface area contributed by atoms with E-state index in [0.29, 0.717) is 5.04 Å². The van der Waals surface area contributed by atoms with Crippen LogP contribution in [-0.4, -0.2) is 5.04 Å². The first-order valence-electron chi connectivity index (χ1n) is 2.26. The molecule has 0 aliphatic carbocycles. The van der Waals surface area contributed by atoms with Crippen molar-refractivity contribution in [1.29, 1.82) is 5.41 Å². The summed E-state index contributed by atoms with van der Waals surface area (Å²) >= 11 is 1.39. The summed E-state index contributed by atoms with van der Waals surface area (Å²) in [6.07, 6.45) is 3.50. The minimum atomic E-state index is 0.600. The van der Waals surface area contributed by atoms with Crippen molar-refractivity contribution in [3.63, 3.8) is 0 Å². The maximum absolute atomic E-state index is 6.95. The van der Waals surface area contributed by atoms with Gasteiger partial charge < -0.3 is 0 Å². The first-order chi connectivity index (χ1) is 3.77. The van der Waals surface area contributed by atoms with Crippen molar-refractivity contribution in [2.75, 3.05) is 0 Å². The van der Waals surface area contributed by atoms with Gasteiger partial charge in [-0.2, -0.15) is 0 Å². The molecule has 2 heteroatoms. The monoisotopic (exact) mass is 127 g/mol. The fourth-order valence-electron chi connectivity index (χ4n) is 0.197. The summed E-state index contributed by atoms with van der Waals surface area (Å²) < 4.78 is 0. The number of hydrogen-bond donors (Lipinski definition) is 1. The van der Waals surface area contributed by atoms with Crippen LogP contribution in [0.2, 0.25) is 0 Å². The quantitative estimate of drug-likeness (QED) is 0.344. The van der Waals surface area contributed by atoms with Crippen molar-refractivity contribution in [3.8, 4) is 0 Å². The molecular formula is C6H9NS. The zero-order valence-corrected chi connectivity index (χ0v) is 5.66. The molecule has 0 aliphatic heterocycles. The van der Waals surface area contributed by atoms with E-state index >= 15 is 0 Å². The van der Waals surface area contributed by atoms with Gasteiger partial charge in [0.05, 0.1) is 5.04 Å². The smallest absolute Gasteiger partial charge is 0.0652 e. The van der Waals surface area contributed by atoms with Gasteiger partial charge in [0.15, 0.2) is 0 Å². The Balaban J connectivity index is 3.29. The zero-order chi connectivity index (χ0) is 6.41. The Labute approximate surface area is 54.0 Å². The second-order valence-electron chi connectivity index (χ2n) is 1.24. The van der Waals surface area contributed by atoms with Crippen LogP contribution in [0.3, 0.4) is 0 Å². The first kappa shape index (κ1) is 7.50. The van der Waals surface area contributed by atoms with Crippen LogP contribution >= 0.6 is 11.8 Å². The molecule has 1 nitrogen and oxygen atoms in total. The molecule has 0 atom stereocenters. The van der Waals surface area contributed by atoms with Gasteiger partial charge >= 0.3 is 0 Å². The maximum atomic E-state index is 6.95. The van der Waals surface area contributed by atoms with E-state index in [1.807, 2.05) is 11.5 Å². The Kier molecular flexibility index (Phi) is 4.36. The normalized spacial score (nSPS) is 9.62. The van der Waals surface area contributed by atoms with E-state index < -0.39 is 0 Å². The van der Waals surface area contributed by atoms with Gasteiger partial charge in [-0.15, -0.1) is 0 Å². The summed E-state index contributed by atoms with van der Waals surface area (Å²) in [7, 11) is 0. The zero-order valence-electron chi connectivity index (χ0n) is 4.85. The molecule has 0 aliphatic rings. The lowest BCUT2D eigenvalue weighted by Gasteiger charge is -1.82. The minimum absolute atomic E-state index is 0.600.